The van der Waals surface area contributed by atoms with Crippen molar-refractivity contribution in [3.8, 4) is 11.5 Å². The normalized spacial score (nSPS) is 13.0. The first kappa shape index (κ1) is 12.2. The smallest absolute Gasteiger partial charge is 0.231 e. The van der Waals surface area contributed by atoms with Crippen molar-refractivity contribution in [2.24, 2.45) is 0 Å². The Labute approximate surface area is 102 Å². The Morgan fingerprint density at radius 3 is 2.82 bits per heavy atom. The van der Waals surface area contributed by atoms with E-state index in [-0.39, 0.29) is 0 Å². The molecule has 0 atom stereocenters. The Bertz CT molecular complexity index is 355. The third kappa shape index (κ3) is 3.61. The molecular weight excluding hydrogens is 216 g/mol. The van der Waals surface area contributed by atoms with Gasteiger partial charge in [-0.1, -0.05) is 13.0 Å². The number of fused-ring (bicyclic) bond motifs is 1. The monoisotopic (exact) mass is 236 g/mol. The van der Waals surface area contributed by atoms with Gasteiger partial charge >= 0.3 is 0 Å². The van der Waals surface area contributed by atoms with Crippen molar-refractivity contribution in [2.45, 2.75) is 19.9 Å². The zero-order valence-electron chi connectivity index (χ0n) is 10.3. The number of nitrogens with one attached hydrogen (secondary N) is 2. The molecule has 4 nitrogen and oxygen atoms in total. The second-order valence-corrected chi connectivity index (χ2v) is 4.07. The molecule has 0 fully saturated rings. The van der Waals surface area contributed by atoms with Gasteiger partial charge in [-0.05, 0) is 43.8 Å². The van der Waals surface area contributed by atoms with Gasteiger partial charge in [0.1, 0.15) is 0 Å². The summed E-state index contributed by atoms with van der Waals surface area (Å²) in [5.74, 6) is 1.71. The topological polar surface area (TPSA) is 42.5 Å². The van der Waals surface area contributed by atoms with Crippen molar-refractivity contribution in [1.29, 1.82) is 0 Å². The zero-order valence-corrected chi connectivity index (χ0v) is 10.3. The summed E-state index contributed by atoms with van der Waals surface area (Å²) >= 11 is 0. The fourth-order valence-electron chi connectivity index (χ4n) is 1.80. The minimum atomic E-state index is 0.342. The minimum absolute atomic E-state index is 0.342. The maximum Gasteiger partial charge on any atom is 0.231 e. The molecule has 0 radical (unpaired) electrons. The van der Waals surface area contributed by atoms with Crippen LogP contribution in [0, 0.1) is 0 Å². The molecule has 1 aliphatic heterocycles. The van der Waals surface area contributed by atoms with Crippen LogP contribution in [0.4, 0.5) is 0 Å². The summed E-state index contributed by atoms with van der Waals surface area (Å²) in [4.78, 5) is 0. The minimum Gasteiger partial charge on any atom is -0.454 e. The van der Waals surface area contributed by atoms with Crippen molar-refractivity contribution in [1.82, 2.24) is 10.6 Å². The molecule has 1 aliphatic rings. The molecule has 2 N–H and O–H groups in total. The van der Waals surface area contributed by atoms with Gasteiger partial charge in [-0.2, -0.15) is 0 Å². The van der Waals surface area contributed by atoms with Crippen LogP contribution < -0.4 is 20.1 Å². The first-order chi connectivity index (χ1) is 8.40. The molecule has 1 aromatic rings. The second kappa shape index (κ2) is 6.47. The van der Waals surface area contributed by atoms with Crippen LogP contribution in [0.5, 0.6) is 11.5 Å². The molecule has 0 unspecified atom stereocenters. The van der Waals surface area contributed by atoms with Gasteiger partial charge in [-0.25, -0.2) is 0 Å². The van der Waals surface area contributed by atoms with E-state index in [0.29, 0.717) is 6.79 Å². The SMILES string of the molecule is CCNCCCNCc1ccc2c(c1)OCO2. The van der Waals surface area contributed by atoms with Crippen molar-refractivity contribution < 1.29 is 9.47 Å². The zero-order chi connectivity index (χ0) is 11.9. The van der Waals surface area contributed by atoms with Crippen LogP contribution in [0.1, 0.15) is 18.9 Å². The van der Waals surface area contributed by atoms with Crippen LogP contribution in [0.25, 0.3) is 0 Å². The lowest BCUT2D eigenvalue weighted by Crippen LogP contribution is -2.21. The van der Waals surface area contributed by atoms with E-state index in [9.17, 15) is 0 Å². The molecule has 1 aromatic carbocycles. The first-order valence-corrected chi connectivity index (χ1v) is 6.20. The highest BCUT2D eigenvalue weighted by atomic mass is 16.7. The molecule has 1 heterocycles. The van der Waals surface area contributed by atoms with Gasteiger partial charge in [0.25, 0.3) is 0 Å². The Kier molecular flexibility index (Phi) is 4.64. The summed E-state index contributed by atoms with van der Waals surface area (Å²) in [6.45, 7) is 6.49. The number of ether oxygens (including phenoxy) is 2. The molecule has 0 bridgehead atoms. The largest absolute Gasteiger partial charge is 0.454 e. The van der Waals surface area contributed by atoms with E-state index in [0.717, 1.165) is 44.1 Å². The molecule has 0 aromatic heterocycles. The molecule has 0 amide bonds. The van der Waals surface area contributed by atoms with Crippen LogP contribution in [0.2, 0.25) is 0 Å². The quantitative estimate of drug-likeness (QED) is 0.704. The summed E-state index contributed by atoms with van der Waals surface area (Å²) < 4.78 is 10.6. The van der Waals surface area contributed by atoms with Crippen LogP contribution in [0.3, 0.4) is 0 Å². The predicted molar refractivity (Wildman–Crippen MR) is 67.4 cm³/mol. The summed E-state index contributed by atoms with van der Waals surface area (Å²) in [6.07, 6.45) is 1.15. The van der Waals surface area contributed by atoms with E-state index in [4.69, 9.17) is 9.47 Å². The van der Waals surface area contributed by atoms with Crippen molar-refractivity contribution in [2.75, 3.05) is 26.4 Å². The molecule has 0 spiro atoms. The molecule has 2 rings (SSSR count). The summed E-state index contributed by atoms with van der Waals surface area (Å²) in [7, 11) is 0. The highest BCUT2D eigenvalue weighted by molar-refractivity contribution is 5.44. The summed E-state index contributed by atoms with van der Waals surface area (Å²) in [5.41, 5.74) is 1.23. The maximum absolute atomic E-state index is 5.34. The molecular formula is C13H20N2O2. The molecule has 0 aliphatic carbocycles. The predicted octanol–water partition coefficient (Wildman–Crippen LogP) is 1.50. The molecule has 0 saturated heterocycles. The first-order valence-electron chi connectivity index (χ1n) is 6.20. The fourth-order valence-corrected chi connectivity index (χ4v) is 1.80. The standard InChI is InChI=1S/C13H20N2O2/c1-2-14-6-3-7-15-9-11-4-5-12-13(8-11)17-10-16-12/h4-5,8,14-15H,2-3,6-7,9-10H2,1H3. The van der Waals surface area contributed by atoms with Crippen LogP contribution >= 0.6 is 0 Å². The van der Waals surface area contributed by atoms with Gasteiger partial charge in [0.05, 0.1) is 0 Å². The Morgan fingerprint density at radius 1 is 1.12 bits per heavy atom. The van der Waals surface area contributed by atoms with Gasteiger partial charge in [0.15, 0.2) is 11.5 Å². The number of hydrogen-bond acceptors (Lipinski definition) is 4. The number of benzene rings is 1. The lowest BCUT2D eigenvalue weighted by atomic mass is 10.2. The molecule has 0 saturated carbocycles. The third-order valence-electron chi connectivity index (χ3n) is 2.72. The Morgan fingerprint density at radius 2 is 1.94 bits per heavy atom. The number of hydrogen-bond donors (Lipinski definition) is 2. The second-order valence-electron chi connectivity index (χ2n) is 4.07. The van der Waals surface area contributed by atoms with Crippen molar-refractivity contribution in [3.05, 3.63) is 23.8 Å². The van der Waals surface area contributed by atoms with E-state index in [1.54, 1.807) is 0 Å². The average molecular weight is 236 g/mol. The van der Waals surface area contributed by atoms with Crippen LogP contribution in [0.15, 0.2) is 18.2 Å². The van der Waals surface area contributed by atoms with Gasteiger partial charge in [0, 0.05) is 6.54 Å². The van der Waals surface area contributed by atoms with Gasteiger partial charge in [-0.15, -0.1) is 0 Å². The molecule has 17 heavy (non-hydrogen) atoms. The van der Waals surface area contributed by atoms with Crippen LogP contribution in [-0.4, -0.2) is 26.4 Å². The van der Waals surface area contributed by atoms with Gasteiger partial charge in [0.2, 0.25) is 6.79 Å². The summed E-state index contributed by atoms with van der Waals surface area (Å²) in [5, 5.41) is 6.72. The van der Waals surface area contributed by atoms with Crippen molar-refractivity contribution >= 4 is 0 Å². The van der Waals surface area contributed by atoms with Crippen molar-refractivity contribution in [3.63, 3.8) is 0 Å². The maximum atomic E-state index is 5.34. The Balaban J connectivity index is 1.69. The van der Waals surface area contributed by atoms with E-state index >= 15 is 0 Å². The Hall–Kier alpha value is -1.26. The lowest BCUT2D eigenvalue weighted by molar-refractivity contribution is 0.174. The fraction of sp³-hybridized carbons (Fsp3) is 0.538. The number of rotatable bonds is 7. The molecule has 4 heteroatoms. The van der Waals surface area contributed by atoms with Crippen LogP contribution in [-0.2, 0) is 6.54 Å². The summed E-state index contributed by atoms with van der Waals surface area (Å²) in [6, 6.07) is 6.09. The highest BCUT2D eigenvalue weighted by Crippen LogP contribution is 2.32. The van der Waals surface area contributed by atoms with Gasteiger partial charge in [-0.3, -0.25) is 0 Å². The highest BCUT2D eigenvalue weighted by Gasteiger charge is 2.12. The van der Waals surface area contributed by atoms with E-state index in [1.165, 1.54) is 5.56 Å². The third-order valence-corrected chi connectivity index (χ3v) is 2.72. The lowest BCUT2D eigenvalue weighted by Gasteiger charge is -2.06. The average Bonchev–Trinajstić information content (AvgIpc) is 2.81. The van der Waals surface area contributed by atoms with E-state index in [1.807, 2.05) is 12.1 Å². The molecule has 94 valence electrons. The van der Waals surface area contributed by atoms with E-state index in [2.05, 4.69) is 23.6 Å². The van der Waals surface area contributed by atoms with Gasteiger partial charge < -0.3 is 20.1 Å². The van der Waals surface area contributed by atoms with E-state index < -0.39 is 0 Å².